The Morgan fingerprint density at radius 3 is 2.66 bits per heavy atom. The molecule has 29 heavy (non-hydrogen) atoms. The SMILES string of the molecule is COc1ccc(-n2c(SCC(N)=O)nc3c([nH]c4ccccc43)c2=O)cc1OC. The summed E-state index contributed by atoms with van der Waals surface area (Å²) in [5.41, 5.74) is 7.30. The van der Waals surface area contributed by atoms with Crippen LogP contribution in [0.1, 0.15) is 0 Å². The number of thioether (sulfide) groups is 1. The van der Waals surface area contributed by atoms with Crippen LogP contribution in [0.3, 0.4) is 0 Å². The minimum Gasteiger partial charge on any atom is -0.493 e. The Kier molecular flexibility index (Phi) is 4.89. The zero-order chi connectivity index (χ0) is 20.5. The van der Waals surface area contributed by atoms with Crippen LogP contribution in [0.4, 0.5) is 0 Å². The van der Waals surface area contributed by atoms with Crippen LogP contribution < -0.4 is 20.8 Å². The first-order valence-corrected chi connectivity index (χ1v) is 9.69. The standard InChI is InChI=1S/C20H18N4O4S/c1-27-14-8-7-11(9-15(14)28-2)24-19(26)18-17(23-20(24)29-10-16(21)25)12-5-3-4-6-13(12)22-18/h3-9,22H,10H2,1-2H3,(H2,21,25). The number of hydrogen-bond acceptors (Lipinski definition) is 6. The summed E-state index contributed by atoms with van der Waals surface area (Å²) in [5.74, 6) is 0.505. The van der Waals surface area contributed by atoms with Gasteiger partial charge in [0.1, 0.15) is 11.0 Å². The lowest BCUT2D eigenvalue weighted by Gasteiger charge is -2.14. The van der Waals surface area contributed by atoms with E-state index in [1.54, 1.807) is 18.2 Å². The van der Waals surface area contributed by atoms with Crippen LogP contribution in [0.15, 0.2) is 52.4 Å². The fourth-order valence-corrected chi connectivity index (χ4v) is 3.91. The smallest absolute Gasteiger partial charge is 0.283 e. The zero-order valence-electron chi connectivity index (χ0n) is 15.8. The fourth-order valence-electron chi connectivity index (χ4n) is 3.17. The molecule has 3 N–H and O–H groups in total. The maximum absolute atomic E-state index is 13.4. The minimum absolute atomic E-state index is 0.00636. The molecule has 4 rings (SSSR count). The number of para-hydroxylation sites is 1. The molecule has 2 aromatic carbocycles. The molecule has 0 aliphatic heterocycles. The van der Waals surface area contributed by atoms with Crippen molar-refractivity contribution in [1.82, 2.24) is 14.5 Å². The molecule has 0 aliphatic carbocycles. The number of amides is 1. The van der Waals surface area contributed by atoms with E-state index in [0.717, 1.165) is 22.7 Å². The third-order valence-electron chi connectivity index (χ3n) is 4.46. The van der Waals surface area contributed by atoms with Crippen LogP contribution in [-0.2, 0) is 4.79 Å². The summed E-state index contributed by atoms with van der Waals surface area (Å²) in [6, 6.07) is 12.7. The molecular weight excluding hydrogens is 392 g/mol. The molecule has 2 heterocycles. The number of H-pyrrole nitrogens is 1. The van der Waals surface area contributed by atoms with Crippen molar-refractivity contribution < 1.29 is 14.3 Å². The van der Waals surface area contributed by atoms with Gasteiger partial charge in [-0.2, -0.15) is 0 Å². The Labute approximate surface area is 169 Å². The number of nitrogens with zero attached hydrogens (tertiary/aromatic N) is 2. The molecular formula is C20H18N4O4S. The maximum atomic E-state index is 13.4. The number of nitrogens with two attached hydrogens (primary N) is 1. The first-order chi connectivity index (χ1) is 14.0. The molecule has 9 heteroatoms. The lowest BCUT2D eigenvalue weighted by Crippen LogP contribution is -2.23. The van der Waals surface area contributed by atoms with Crippen LogP contribution in [0.2, 0.25) is 0 Å². The number of aromatic nitrogens is 3. The van der Waals surface area contributed by atoms with Gasteiger partial charge in [0.15, 0.2) is 16.7 Å². The molecule has 148 valence electrons. The van der Waals surface area contributed by atoms with Crippen molar-refractivity contribution in [2.75, 3.05) is 20.0 Å². The normalized spacial score (nSPS) is 11.1. The topological polar surface area (TPSA) is 112 Å². The van der Waals surface area contributed by atoms with E-state index in [0.29, 0.717) is 33.4 Å². The fraction of sp³-hybridized carbons (Fsp3) is 0.150. The van der Waals surface area contributed by atoms with Crippen LogP contribution in [-0.4, -0.2) is 40.4 Å². The molecule has 1 amide bonds. The van der Waals surface area contributed by atoms with Crippen molar-refractivity contribution in [2.24, 2.45) is 5.73 Å². The summed E-state index contributed by atoms with van der Waals surface area (Å²) in [6.07, 6.45) is 0. The van der Waals surface area contributed by atoms with Crippen molar-refractivity contribution in [1.29, 1.82) is 0 Å². The van der Waals surface area contributed by atoms with Crippen molar-refractivity contribution in [3.8, 4) is 17.2 Å². The lowest BCUT2D eigenvalue weighted by molar-refractivity contribution is -0.115. The van der Waals surface area contributed by atoms with Gasteiger partial charge in [0.25, 0.3) is 5.56 Å². The molecule has 2 aromatic heterocycles. The summed E-state index contributed by atoms with van der Waals surface area (Å²) < 4.78 is 12.1. The molecule has 0 unspecified atom stereocenters. The third-order valence-corrected chi connectivity index (χ3v) is 5.42. The van der Waals surface area contributed by atoms with Gasteiger partial charge < -0.3 is 20.2 Å². The molecule has 8 nitrogen and oxygen atoms in total. The molecule has 4 aromatic rings. The zero-order valence-corrected chi connectivity index (χ0v) is 16.6. The number of hydrogen-bond donors (Lipinski definition) is 2. The number of ether oxygens (including phenoxy) is 2. The van der Waals surface area contributed by atoms with Crippen LogP contribution >= 0.6 is 11.8 Å². The maximum Gasteiger partial charge on any atom is 0.283 e. The average Bonchev–Trinajstić information content (AvgIpc) is 3.11. The molecule has 0 aliphatic rings. The highest BCUT2D eigenvalue weighted by Crippen LogP contribution is 2.31. The predicted molar refractivity (Wildman–Crippen MR) is 112 cm³/mol. The van der Waals surface area contributed by atoms with Crippen molar-refractivity contribution >= 4 is 39.6 Å². The highest BCUT2D eigenvalue weighted by atomic mass is 32.2. The second-order valence-corrected chi connectivity index (χ2v) is 7.17. The Bertz CT molecular complexity index is 1300. The Morgan fingerprint density at radius 2 is 1.93 bits per heavy atom. The molecule has 0 saturated carbocycles. The second kappa shape index (κ2) is 7.51. The van der Waals surface area contributed by atoms with Crippen molar-refractivity contribution in [3.63, 3.8) is 0 Å². The van der Waals surface area contributed by atoms with Gasteiger partial charge in [0.05, 0.1) is 25.7 Å². The van der Waals surface area contributed by atoms with Crippen LogP contribution in [0, 0.1) is 0 Å². The van der Waals surface area contributed by atoms with Crippen LogP contribution in [0.5, 0.6) is 11.5 Å². The minimum atomic E-state index is -0.498. The van der Waals surface area contributed by atoms with Gasteiger partial charge in [-0.25, -0.2) is 4.98 Å². The predicted octanol–water partition coefficient (Wildman–Crippen LogP) is 2.46. The Hall–Kier alpha value is -3.46. The second-order valence-electron chi connectivity index (χ2n) is 6.22. The Balaban J connectivity index is 2.01. The summed E-state index contributed by atoms with van der Waals surface area (Å²) in [6.45, 7) is 0. The number of carbonyl (C=O) groups is 1. The summed E-state index contributed by atoms with van der Waals surface area (Å²) in [4.78, 5) is 32.6. The highest BCUT2D eigenvalue weighted by molar-refractivity contribution is 7.99. The summed E-state index contributed by atoms with van der Waals surface area (Å²) in [5, 5.41) is 1.19. The number of primary amides is 1. The lowest BCUT2D eigenvalue weighted by atomic mass is 10.2. The van der Waals surface area contributed by atoms with Crippen LogP contribution in [0.25, 0.3) is 27.6 Å². The summed E-state index contributed by atoms with van der Waals surface area (Å²) in [7, 11) is 3.06. The van der Waals surface area contributed by atoms with E-state index in [1.165, 1.54) is 18.8 Å². The van der Waals surface area contributed by atoms with Crippen molar-refractivity contribution in [2.45, 2.75) is 5.16 Å². The number of benzene rings is 2. The van der Waals surface area contributed by atoms with E-state index < -0.39 is 5.91 Å². The first-order valence-electron chi connectivity index (χ1n) is 8.70. The highest BCUT2D eigenvalue weighted by Gasteiger charge is 2.18. The van der Waals surface area contributed by atoms with Gasteiger partial charge in [-0.3, -0.25) is 14.2 Å². The van der Waals surface area contributed by atoms with E-state index in [9.17, 15) is 9.59 Å². The van der Waals surface area contributed by atoms with Gasteiger partial charge in [0, 0.05) is 17.0 Å². The average molecular weight is 410 g/mol. The van der Waals surface area contributed by atoms with E-state index in [4.69, 9.17) is 15.2 Å². The van der Waals surface area contributed by atoms with Gasteiger partial charge in [-0.15, -0.1) is 0 Å². The largest absolute Gasteiger partial charge is 0.493 e. The van der Waals surface area contributed by atoms with Gasteiger partial charge in [-0.05, 0) is 18.2 Å². The quantitative estimate of drug-likeness (QED) is 0.373. The number of aromatic amines is 1. The van der Waals surface area contributed by atoms with Gasteiger partial charge >= 0.3 is 0 Å². The Morgan fingerprint density at radius 1 is 1.17 bits per heavy atom. The monoisotopic (exact) mass is 410 g/mol. The molecule has 0 saturated heterocycles. The number of rotatable bonds is 6. The van der Waals surface area contributed by atoms with Gasteiger partial charge in [-0.1, -0.05) is 30.0 Å². The van der Waals surface area contributed by atoms with E-state index in [-0.39, 0.29) is 11.3 Å². The van der Waals surface area contributed by atoms with Crippen molar-refractivity contribution in [3.05, 3.63) is 52.8 Å². The van der Waals surface area contributed by atoms with Gasteiger partial charge in [0.2, 0.25) is 5.91 Å². The number of fused-ring (bicyclic) bond motifs is 3. The van der Waals surface area contributed by atoms with E-state index in [1.807, 2.05) is 24.3 Å². The molecule has 0 radical (unpaired) electrons. The molecule has 0 bridgehead atoms. The molecule has 0 atom stereocenters. The third kappa shape index (κ3) is 3.29. The number of nitrogens with one attached hydrogen (secondary N) is 1. The number of carbonyl (C=O) groups excluding carboxylic acids is 1. The summed E-state index contributed by atoms with van der Waals surface area (Å²) >= 11 is 1.11. The molecule has 0 fully saturated rings. The number of methoxy groups -OCH3 is 2. The first kappa shape index (κ1) is 18.9. The molecule has 0 spiro atoms. The van der Waals surface area contributed by atoms with E-state index in [2.05, 4.69) is 9.97 Å². The van der Waals surface area contributed by atoms with E-state index >= 15 is 0 Å².